The van der Waals surface area contributed by atoms with Gasteiger partial charge in [-0.15, -0.1) is 0 Å². The van der Waals surface area contributed by atoms with Crippen LogP contribution in [0.3, 0.4) is 0 Å². The molecule has 6 nitrogen and oxygen atoms in total. The molecule has 0 aliphatic rings. The highest BCUT2D eigenvalue weighted by Crippen LogP contribution is 2.15. The van der Waals surface area contributed by atoms with Crippen LogP contribution in [0.4, 0.5) is 0 Å². The molecule has 71 heavy (non-hydrogen) atoms. The van der Waals surface area contributed by atoms with Crippen LogP contribution in [0, 0.1) is 0 Å². The first-order chi connectivity index (χ1) is 35.0. The van der Waals surface area contributed by atoms with Gasteiger partial charge in [0.25, 0.3) is 0 Å². The Labute approximate surface area is 437 Å². The van der Waals surface area contributed by atoms with E-state index in [1.807, 2.05) is 0 Å². The predicted molar refractivity (Wildman–Crippen MR) is 306 cm³/mol. The Balaban J connectivity index is 4.30. The van der Waals surface area contributed by atoms with Crippen molar-refractivity contribution in [3.05, 3.63) is 122 Å². The van der Waals surface area contributed by atoms with Crippen LogP contribution >= 0.6 is 0 Å². The predicted octanol–water partition coefficient (Wildman–Crippen LogP) is 19.6. The molecular weight excluding hydrogens is 877 g/mol. The molecule has 0 saturated heterocycles. The standard InChI is InChI=1S/C65H106O6/c1-4-7-10-13-16-19-22-25-26-27-28-29-30-31-32-33-34-35-36-37-38-41-43-46-49-52-55-58-64(67)70-61-62(71-65(68)59-56-53-50-47-44-40-24-21-18-15-12-9-6-3)60-69-63(66)57-54-51-48-45-42-39-23-20-17-14-11-8-5-2/h7,9-12,14,16,18-21,23,25-26,28-29,31-32,40,44,62H,4-6,8,13,15,17,22,24,27,30,33-39,41-43,45-61H2,1-3H3/b10-7-,12-9-,14-11-,19-16-,21-18-,23-20-,26-25-,29-28-,32-31-,44-40-. The molecule has 1 unspecified atom stereocenters. The zero-order chi connectivity index (χ0) is 51.4. The molecule has 0 amide bonds. The van der Waals surface area contributed by atoms with Gasteiger partial charge in [-0.25, -0.2) is 0 Å². The van der Waals surface area contributed by atoms with Crippen LogP contribution in [-0.2, 0) is 28.6 Å². The molecule has 0 aromatic heterocycles. The molecule has 0 spiro atoms. The lowest BCUT2D eigenvalue weighted by atomic mass is 10.0. The topological polar surface area (TPSA) is 78.9 Å². The van der Waals surface area contributed by atoms with E-state index >= 15 is 0 Å². The van der Waals surface area contributed by atoms with E-state index in [2.05, 4.69) is 142 Å². The average Bonchev–Trinajstić information content (AvgIpc) is 3.37. The summed E-state index contributed by atoms with van der Waals surface area (Å²) in [6.07, 6.45) is 80.6. The van der Waals surface area contributed by atoms with Crippen molar-refractivity contribution < 1.29 is 28.6 Å². The summed E-state index contributed by atoms with van der Waals surface area (Å²) in [5.74, 6) is -0.948. The van der Waals surface area contributed by atoms with E-state index in [1.165, 1.54) is 64.2 Å². The highest BCUT2D eigenvalue weighted by atomic mass is 16.6. The average molecular weight is 984 g/mol. The molecular formula is C65H106O6. The molecule has 1 atom stereocenters. The summed E-state index contributed by atoms with van der Waals surface area (Å²) in [7, 11) is 0. The Bertz CT molecular complexity index is 1500. The van der Waals surface area contributed by atoms with Crippen molar-refractivity contribution in [2.45, 2.75) is 258 Å². The molecule has 0 radical (unpaired) electrons. The summed E-state index contributed by atoms with van der Waals surface area (Å²) in [5.41, 5.74) is 0. The highest BCUT2D eigenvalue weighted by molar-refractivity contribution is 5.71. The van der Waals surface area contributed by atoms with E-state index in [4.69, 9.17) is 14.2 Å². The van der Waals surface area contributed by atoms with E-state index in [0.29, 0.717) is 12.8 Å². The molecule has 0 aromatic carbocycles. The van der Waals surface area contributed by atoms with E-state index < -0.39 is 6.10 Å². The van der Waals surface area contributed by atoms with Crippen molar-refractivity contribution in [3.8, 4) is 0 Å². The number of rotatable bonds is 51. The number of hydrogen-bond acceptors (Lipinski definition) is 6. The smallest absolute Gasteiger partial charge is 0.306 e. The van der Waals surface area contributed by atoms with Gasteiger partial charge in [-0.05, 0) is 122 Å². The third-order valence-corrected chi connectivity index (χ3v) is 11.9. The van der Waals surface area contributed by atoms with Gasteiger partial charge in [-0.1, -0.05) is 232 Å². The summed E-state index contributed by atoms with van der Waals surface area (Å²) in [6.45, 7) is 6.30. The molecule has 0 heterocycles. The number of esters is 3. The molecule has 0 fully saturated rings. The maximum Gasteiger partial charge on any atom is 0.306 e. The summed E-state index contributed by atoms with van der Waals surface area (Å²) in [5, 5.41) is 0. The van der Waals surface area contributed by atoms with Crippen LogP contribution in [0.2, 0.25) is 0 Å². The summed E-state index contributed by atoms with van der Waals surface area (Å²) in [4.78, 5) is 38.1. The molecule has 0 N–H and O–H groups in total. The molecule has 0 aromatic rings. The van der Waals surface area contributed by atoms with Gasteiger partial charge in [0.2, 0.25) is 0 Å². The van der Waals surface area contributed by atoms with Crippen LogP contribution in [0.15, 0.2) is 122 Å². The first kappa shape index (κ1) is 66.8. The fraction of sp³-hybridized carbons (Fsp3) is 0.646. The summed E-state index contributed by atoms with van der Waals surface area (Å²) < 4.78 is 16.8. The maximum absolute atomic E-state index is 12.8. The second-order valence-electron chi connectivity index (χ2n) is 18.8. The molecule has 0 saturated carbocycles. The molecule has 0 aliphatic carbocycles. The molecule has 0 aliphatic heterocycles. The molecule has 402 valence electrons. The first-order valence-electron chi connectivity index (χ1n) is 29.0. The minimum absolute atomic E-state index is 0.0984. The second-order valence-corrected chi connectivity index (χ2v) is 18.8. The highest BCUT2D eigenvalue weighted by Gasteiger charge is 2.19. The van der Waals surface area contributed by atoms with Gasteiger partial charge in [-0.3, -0.25) is 14.4 Å². The third kappa shape index (κ3) is 56.6. The summed E-state index contributed by atoms with van der Waals surface area (Å²) in [6, 6.07) is 0. The fourth-order valence-corrected chi connectivity index (χ4v) is 7.64. The van der Waals surface area contributed by atoms with Crippen LogP contribution in [0.5, 0.6) is 0 Å². The fourth-order valence-electron chi connectivity index (χ4n) is 7.64. The van der Waals surface area contributed by atoms with Crippen molar-refractivity contribution in [3.63, 3.8) is 0 Å². The zero-order valence-corrected chi connectivity index (χ0v) is 45.9. The van der Waals surface area contributed by atoms with Crippen LogP contribution in [-0.4, -0.2) is 37.2 Å². The SMILES string of the molecule is CC/C=C\C/C=C\C/C=C\C/C=C\C/C=C\CCCCCCCCCCCCCC(=O)OCC(COC(=O)CCCCCCC/C=C\C/C=C\CCC)OC(=O)CCCCC/C=C\C/C=C\C/C=C\CC. The number of hydrogen-bond donors (Lipinski definition) is 0. The van der Waals surface area contributed by atoms with E-state index in [9.17, 15) is 14.4 Å². The van der Waals surface area contributed by atoms with Crippen LogP contribution in [0.1, 0.15) is 252 Å². The lowest BCUT2D eigenvalue weighted by Gasteiger charge is -2.18. The van der Waals surface area contributed by atoms with Gasteiger partial charge in [0, 0.05) is 19.3 Å². The van der Waals surface area contributed by atoms with Crippen LogP contribution < -0.4 is 0 Å². The quantitative estimate of drug-likeness (QED) is 0.0261. The Kier molecular flexibility index (Phi) is 54.9. The van der Waals surface area contributed by atoms with E-state index in [1.54, 1.807) is 0 Å². The number of allylic oxidation sites excluding steroid dienone is 20. The van der Waals surface area contributed by atoms with Gasteiger partial charge >= 0.3 is 17.9 Å². The van der Waals surface area contributed by atoms with E-state index in [-0.39, 0.29) is 37.5 Å². The van der Waals surface area contributed by atoms with Gasteiger partial charge in [0.1, 0.15) is 13.2 Å². The van der Waals surface area contributed by atoms with Gasteiger partial charge < -0.3 is 14.2 Å². The minimum Gasteiger partial charge on any atom is -0.462 e. The monoisotopic (exact) mass is 983 g/mol. The lowest BCUT2D eigenvalue weighted by molar-refractivity contribution is -0.167. The van der Waals surface area contributed by atoms with Gasteiger partial charge in [0.05, 0.1) is 0 Å². The van der Waals surface area contributed by atoms with Crippen molar-refractivity contribution >= 4 is 17.9 Å². The second kappa shape index (κ2) is 58.4. The van der Waals surface area contributed by atoms with Crippen molar-refractivity contribution in [1.82, 2.24) is 0 Å². The maximum atomic E-state index is 12.8. The molecule has 6 heteroatoms. The number of carbonyl (C=O) groups excluding carboxylic acids is 3. The Morgan fingerprint density at radius 1 is 0.296 bits per heavy atom. The zero-order valence-electron chi connectivity index (χ0n) is 45.9. The first-order valence-corrected chi connectivity index (χ1v) is 29.0. The summed E-state index contributed by atoms with van der Waals surface area (Å²) >= 11 is 0. The molecule has 0 rings (SSSR count). The minimum atomic E-state index is -0.803. The van der Waals surface area contributed by atoms with Gasteiger partial charge in [-0.2, -0.15) is 0 Å². The number of ether oxygens (including phenoxy) is 3. The molecule has 0 bridgehead atoms. The number of carbonyl (C=O) groups is 3. The Hall–Kier alpha value is -4.19. The van der Waals surface area contributed by atoms with Crippen LogP contribution in [0.25, 0.3) is 0 Å². The van der Waals surface area contributed by atoms with E-state index in [0.717, 1.165) is 148 Å². The third-order valence-electron chi connectivity index (χ3n) is 11.9. The Morgan fingerprint density at radius 2 is 0.549 bits per heavy atom. The number of unbranched alkanes of at least 4 members (excludes halogenated alkanes) is 20. The van der Waals surface area contributed by atoms with Crippen molar-refractivity contribution in [1.29, 1.82) is 0 Å². The largest absolute Gasteiger partial charge is 0.462 e. The van der Waals surface area contributed by atoms with Crippen molar-refractivity contribution in [2.24, 2.45) is 0 Å². The van der Waals surface area contributed by atoms with Crippen molar-refractivity contribution in [2.75, 3.05) is 13.2 Å². The Morgan fingerprint density at radius 3 is 0.873 bits per heavy atom. The van der Waals surface area contributed by atoms with Gasteiger partial charge in [0.15, 0.2) is 6.10 Å². The lowest BCUT2D eigenvalue weighted by Crippen LogP contribution is -2.30. The normalized spacial score (nSPS) is 13.0.